The van der Waals surface area contributed by atoms with E-state index in [4.69, 9.17) is 0 Å². The number of aryl methyl sites for hydroxylation is 2. The van der Waals surface area contributed by atoms with E-state index in [1.807, 2.05) is 0 Å². The second-order valence-corrected chi connectivity index (χ2v) is 9.68. The van der Waals surface area contributed by atoms with Crippen molar-refractivity contribution in [2.24, 2.45) is 5.41 Å². The van der Waals surface area contributed by atoms with Gasteiger partial charge in [0.2, 0.25) is 0 Å². The molecular formula is C27H35N. The van der Waals surface area contributed by atoms with Crippen LogP contribution in [0.1, 0.15) is 82.1 Å². The zero-order chi connectivity index (χ0) is 20.2. The summed E-state index contributed by atoms with van der Waals surface area (Å²) < 4.78 is 0. The number of hydrogen-bond donors (Lipinski definition) is 0. The fraction of sp³-hybridized carbons (Fsp3) is 0.481. The number of allylic oxidation sites excluding steroid dienone is 4. The van der Waals surface area contributed by atoms with Gasteiger partial charge in [-0.2, -0.15) is 0 Å². The maximum absolute atomic E-state index is 4.36. The molecule has 1 aromatic rings. The summed E-state index contributed by atoms with van der Waals surface area (Å²) in [6, 6.07) is 5.57. The Morgan fingerprint density at radius 1 is 1.21 bits per heavy atom. The molecule has 0 spiro atoms. The van der Waals surface area contributed by atoms with Crippen LogP contribution in [0.3, 0.4) is 0 Å². The topological polar surface area (TPSA) is 3.24 Å². The van der Waals surface area contributed by atoms with Gasteiger partial charge >= 0.3 is 0 Å². The van der Waals surface area contributed by atoms with Gasteiger partial charge in [-0.15, -0.1) is 0 Å². The predicted octanol–water partition coefficient (Wildman–Crippen LogP) is 7.16. The van der Waals surface area contributed by atoms with Crippen molar-refractivity contribution < 1.29 is 0 Å². The number of rotatable bonds is 4. The lowest BCUT2D eigenvalue weighted by atomic mass is 9.74. The van der Waals surface area contributed by atoms with E-state index < -0.39 is 0 Å². The third-order valence-corrected chi connectivity index (χ3v) is 7.19. The summed E-state index contributed by atoms with van der Waals surface area (Å²) in [7, 11) is 0. The first kappa shape index (κ1) is 19.3. The van der Waals surface area contributed by atoms with E-state index in [0.29, 0.717) is 17.4 Å². The molecule has 0 aromatic heterocycles. The minimum Gasteiger partial charge on any atom is -0.343 e. The highest BCUT2D eigenvalue weighted by Crippen LogP contribution is 2.56. The molecule has 2 aliphatic heterocycles. The summed E-state index contributed by atoms with van der Waals surface area (Å²) in [5.41, 5.74) is 11.1. The van der Waals surface area contributed by atoms with Crippen LogP contribution in [0.2, 0.25) is 0 Å². The van der Waals surface area contributed by atoms with Gasteiger partial charge in [-0.25, -0.2) is 0 Å². The maximum atomic E-state index is 4.36. The lowest BCUT2D eigenvalue weighted by Gasteiger charge is -2.48. The van der Waals surface area contributed by atoms with Gasteiger partial charge in [0.05, 0.1) is 0 Å². The Morgan fingerprint density at radius 2 is 1.96 bits per heavy atom. The molecule has 0 bridgehead atoms. The van der Waals surface area contributed by atoms with Crippen LogP contribution in [0.5, 0.6) is 0 Å². The van der Waals surface area contributed by atoms with Crippen molar-refractivity contribution in [1.82, 2.24) is 4.90 Å². The molecule has 0 saturated heterocycles. The SMILES string of the molecule is C=C(C)C1=CN2C(=CC1=C)c1cc(CC)c(CCC)cc1C1CCC(C)(C)C12. The second-order valence-electron chi connectivity index (χ2n) is 9.68. The Hall–Kier alpha value is -2.02. The van der Waals surface area contributed by atoms with E-state index in [0.717, 1.165) is 17.6 Å². The molecule has 0 N–H and O–H groups in total. The van der Waals surface area contributed by atoms with Crippen LogP contribution in [-0.2, 0) is 12.8 Å². The van der Waals surface area contributed by atoms with E-state index in [-0.39, 0.29) is 0 Å². The minimum atomic E-state index is 0.297. The average molecular weight is 374 g/mol. The van der Waals surface area contributed by atoms with Gasteiger partial charge in [0.15, 0.2) is 0 Å². The molecule has 1 nitrogen and oxygen atoms in total. The Balaban J connectivity index is 1.95. The van der Waals surface area contributed by atoms with Gasteiger partial charge < -0.3 is 4.90 Å². The number of nitrogens with zero attached hydrogens (tertiary/aromatic N) is 1. The standard InChI is InChI=1S/C27H35N/c1-8-10-20-15-22-21-11-12-27(6,7)26(21)28-16-24(17(3)4)18(5)13-25(28)23(22)14-19(20)9-2/h13-16,21,26H,3,5,8-12H2,1-2,4,6-7H3. The van der Waals surface area contributed by atoms with Crippen LogP contribution in [0.4, 0.5) is 0 Å². The highest BCUT2D eigenvalue weighted by Gasteiger charge is 2.50. The molecule has 1 aliphatic carbocycles. The van der Waals surface area contributed by atoms with Gasteiger partial charge in [-0.1, -0.05) is 53.3 Å². The Bertz CT molecular complexity index is 908. The van der Waals surface area contributed by atoms with E-state index >= 15 is 0 Å². The van der Waals surface area contributed by atoms with Crippen molar-refractivity contribution in [2.45, 2.75) is 78.7 Å². The van der Waals surface area contributed by atoms with Crippen molar-refractivity contribution >= 4 is 5.70 Å². The third kappa shape index (κ3) is 2.82. The lowest BCUT2D eigenvalue weighted by Crippen LogP contribution is -2.45. The van der Waals surface area contributed by atoms with Crippen molar-refractivity contribution in [3.05, 3.63) is 76.5 Å². The van der Waals surface area contributed by atoms with E-state index in [9.17, 15) is 0 Å². The lowest BCUT2D eigenvalue weighted by molar-refractivity contribution is 0.195. The first-order valence-electron chi connectivity index (χ1n) is 11.0. The van der Waals surface area contributed by atoms with E-state index in [1.54, 1.807) is 11.1 Å². The molecule has 0 amide bonds. The predicted molar refractivity (Wildman–Crippen MR) is 121 cm³/mol. The van der Waals surface area contributed by atoms with Crippen molar-refractivity contribution in [2.75, 3.05) is 0 Å². The monoisotopic (exact) mass is 373 g/mol. The summed E-state index contributed by atoms with van der Waals surface area (Å²) in [5.74, 6) is 0.609. The molecule has 1 saturated carbocycles. The Labute approximate surface area is 171 Å². The van der Waals surface area contributed by atoms with Gasteiger partial charge in [-0.05, 0) is 83.6 Å². The maximum Gasteiger partial charge on any atom is 0.0491 e. The molecule has 148 valence electrons. The second kappa shape index (κ2) is 6.79. The normalized spacial score (nSPS) is 24.9. The molecule has 2 atom stereocenters. The van der Waals surface area contributed by atoms with Gasteiger partial charge in [0, 0.05) is 29.4 Å². The fourth-order valence-corrected chi connectivity index (χ4v) is 5.78. The molecule has 4 rings (SSSR count). The van der Waals surface area contributed by atoms with Crippen LogP contribution >= 0.6 is 0 Å². The van der Waals surface area contributed by atoms with Crippen LogP contribution in [0.25, 0.3) is 5.70 Å². The van der Waals surface area contributed by atoms with Crippen molar-refractivity contribution in [3.8, 4) is 0 Å². The molecule has 1 aromatic carbocycles. The molecule has 1 fully saturated rings. The number of hydrogen-bond acceptors (Lipinski definition) is 1. The van der Waals surface area contributed by atoms with Gasteiger partial charge in [0.25, 0.3) is 0 Å². The smallest absolute Gasteiger partial charge is 0.0491 e. The van der Waals surface area contributed by atoms with E-state index in [2.05, 4.69) is 77.1 Å². The van der Waals surface area contributed by atoms with Gasteiger partial charge in [-0.3, -0.25) is 0 Å². The summed E-state index contributed by atoms with van der Waals surface area (Å²) in [4.78, 5) is 2.58. The van der Waals surface area contributed by atoms with Gasteiger partial charge in [0.1, 0.15) is 0 Å². The zero-order valence-corrected chi connectivity index (χ0v) is 18.4. The highest BCUT2D eigenvalue weighted by atomic mass is 15.2. The Kier molecular flexibility index (Phi) is 4.68. The molecule has 2 heterocycles. The minimum absolute atomic E-state index is 0.297. The summed E-state index contributed by atoms with van der Waals surface area (Å²) >= 11 is 0. The highest BCUT2D eigenvalue weighted by molar-refractivity contribution is 5.78. The van der Waals surface area contributed by atoms with Crippen molar-refractivity contribution in [1.29, 1.82) is 0 Å². The number of fused-ring (bicyclic) bond motifs is 6. The molecular weight excluding hydrogens is 338 g/mol. The van der Waals surface area contributed by atoms with Crippen LogP contribution in [0, 0.1) is 5.41 Å². The molecule has 3 aliphatic rings. The quantitative estimate of drug-likeness (QED) is 0.541. The Morgan fingerprint density at radius 3 is 2.61 bits per heavy atom. The van der Waals surface area contributed by atoms with Crippen LogP contribution < -0.4 is 0 Å². The fourth-order valence-electron chi connectivity index (χ4n) is 5.78. The molecule has 2 unspecified atom stereocenters. The average Bonchev–Trinajstić information content (AvgIpc) is 2.96. The molecule has 1 heteroatoms. The number of benzene rings is 1. The van der Waals surface area contributed by atoms with Crippen molar-refractivity contribution in [3.63, 3.8) is 0 Å². The van der Waals surface area contributed by atoms with E-state index in [1.165, 1.54) is 48.1 Å². The first-order chi connectivity index (χ1) is 13.3. The zero-order valence-electron chi connectivity index (χ0n) is 18.4. The van der Waals surface area contributed by atoms with Crippen LogP contribution in [0.15, 0.2) is 54.3 Å². The molecule has 0 radical (unpaired) electrons. The third-order valence-electron chi connectivity index (χ3n) is 7.19. The summed E-state index contributed by atoms with van der Waals surface area (Å²) in [6.45, 7) is 20.1. The summed E-state index contributed by atoms with van der Waals surface area (Å²) in [5, 5.41) is 0. The largest absolute Gasteiger partial charge is 0.343 e. The summed E-state index contributed by atoms with van der Waals surface area (Å²) in [6.07, 6.45) is 10.7. The van der Waals surface area contributed by atoms with Crippen LogP contribution in [-0.4, -0.2) is 10.9 Å². The molecule has 28 heavy (non-hydrogen) atoms. The first-order valence-corrected chi connectivity index (χ1v) is 11.0.